The summed E-state index contributed by atoms with van der Waals surface area (Å²) in [6, 6.07) is 12.6. The predicted molar refractivity (Wildman–Crippen MR) is 135 cm³/mol. The second kappa shape index (κ2) is 9.14. The summed E-state index contributed by atoms with van der Waals surface area (Å²) < 4.78 is 7.20. The first-order valence-corrected chi connectivity index (χ1v) is 11.2. The normalized spacial score (nSPS) is 14.5. The van der Waals surface area contributed by atoms with E-state index in [2.05, 4.69) is 13.5 Å². The lowest BCUT2D eigenvalue weighted by molar-refractivity contribution is -0.137. The fourth-order valence-electron chi connectivity index (χ4n) is 4.55. The average molecular weight is 457 g/mol. The largest absolute Gasteiger partial charge is 0.496 e. The number of carboxylic acids is 1. The molecule has 2 heterocycles. The van der Waals surface area contributed by atoms with Crippen molar-refractivity contribution < 1.29 is 14.6 Å². The number of pyridine rings is 1. The maximum atomic E-state index is 12.6. The number of ether oxygens (including phenoxy) is 1. The summed E-state index contributed by atoms with van der Waals surface area (Å²) in [4.78, 5) is 29.4. The number of benzene rings is 2. The summed E-state index contributed by atoms with van der Waals surface area (Å²) in [6.45, 7) is 8.02. The zero-order valence-corrected chi connectivity index (χ0v) is 19.9. The Balaban J connectivity index is 2.11. The molecule has 1 N–H and O–H groups in total. The fraction of sp³-hybridized carbons (Fsp3) is 0.250. The topological polar surface area (TPSA) is 80.9 Å². The van der Waals surface area contributed by atoms with E-state index in [-0.39, 0.29) is 12.0 Å². The number of fused-ring (bicyclic) bond motifs is 3. The Labute approximate surface area is 198 Å². The second-order valence-electron chi connectivity index (χ2n) is 8.56. The zero-order chi connectivity index (χ0) is 24.6. The van der Waals surface area contributed by atoms with Crippen molar-refractivity contribution in [1.29, 1.82) is 0 Å². The van der Waals surface area contributed by atoms with E-state index in [9.17, 15) is 14.7 Å². The van der Waals surface area contributed by atoms with Gasteiger partial charge in [-0.25, -0.2) is 0 Å². The van der Waals surface area contributed by atoms with E-state index in [4.69, 9.17) is 9.73 Å². The summed E-state index contributed by atoms with van der Waals surface area (Å²) in [6.07, 6.45) is 2.25. The molecule has 0 bridgehead atoms. The Morgan fingerprint density at radius 3 is 2.47 bits per heavy atom. The molecule has 3 aromatic rings. The number of aliphatic imine (C=N–C) groups is 1. The van der Waals surface area contributed by atoms with E-state index in [1.807, 2.05) is 43.3 Å². The highest BCUT2D eigenvalue weighted by molar-refractivity contribution is 6.18. The lowest BCUT2D eigenvalue weighted by Gasteiger charge is -2.19. The molecule has 1 aliphatic rings. The molecular formula is C28H28N2O4. The Hall–Kier alpha value is -3.93. The van der Waals surface area contributed by atoms with Crippen LogP contribution < -0.4 is 10.3 Å². The Kier molecular flexibility index (Phi) is 6.24. The monoisotopic (exact) mass is 456 g/mol. The minimum Gasteiger partial charge on any atom is -0.496 e. The molecule has 0 saturated carbocycles. The number of nitrogens with zero attached hydrogens (tertiary/aromatic N) is 2. The van der Waals surface area contributed by atoms with E-state index < -0.39 is 12.0 Å². The number of methoxy groups -OCH3 is 1. The quantitative estimate of drug-likeness (QED) is 0.565. The van der Waals surface area contributed by atoms with Crippen molar-refractivity contribution in [3.8, 4) is 16.9 Å². The number of carbonyl (C=O) groups is 1. The van der Waals surface area contributed by atoms with Crippen molar-refractivity contribution in [3.63, 3.8) is 0 Å². The molecule has 0 saturated heterocycles. The molecule has 6 heteroatoms. The highest BCUT2D eigenvalue weighted by Gasteiger charge is 2.29. The molecule has 6 nitrogen and oxygen atoms in total. The van der Waals surface area contributed by atoms with Gasteiger partial charge >= 0.3 is 5.97 Å². The van der Waals surface area contributed by atoms with Crippen LogP contribution in [0.25, 0.3) is 16.7 Å². The summed E-state index contributed by atoms with van der Waals surface area (Å²) in [5.74, 6) is -0.229. The highest BCUT2D eigenvalue weighted by Crippen LogP contribution is 2.42. The van der Waals surface area contributed by atoms with Crippen molar-refractivity contribution in [2.75, 3.05) is 7.11 Å². The Bertz CT molecular complexity index is 1380. The first-order chi connectivity index (χ1) is 16.2. The van der Waals surface area contributed by atoms with Gasteiger partial charge in [-0.15, -0.1) is 0 Å². The summed E-state index contributed by atoms with van der Waals surface area (Å²) in [5, 5.41) is 9.68. The highest BCUT2D eigenvalue weighted by atomic mass is 16.5. The van der Waals surface area contributed by atoms with Gasteiger partial charge in [0.15, 0.2) is 0 Å². The predicted octanol–water partition coefficient (Wildman–Crippen LogP) is 5.02. The fourth-order valence-corrected chi connectivity index (χ4v) is 4.55. The molecule has 4 rings (SSSR count). The van der Waals surface area contributed by atoms with Crippen molar-refractivity contribution >= 4 is 17.3 Å². The van der Waals surface area contributed by atoms with Crippen molar-refractivity contribution in [3.05, 3.63) is 93.4 Å². The number of hydrogen-bond acceptors (Lipinski definition) is 4. The van der Waals surface area contributed by atoms with Crippen LogP contribution in [0.4, 0.5) is 0 Å². The third kappa shape index (κ3) is 4.07. The number of carboxylic acid groups (broad SMARTS) is 1. The molecular weight excluding hydrogens is 428 g/mol. The van der Waals surface area contributed by atoms with Crippen molar-refractivity contribution in [2.24, 2.45) is 12.0 Å². The summed E-state index contributed by atoms with van der Waals surface area (Å²) in [5.41, 5.74) is 7.54. The molecule has 1 aromatic heterocycles. The zero-order valence-electron chi connectivity index (χ0n) is 19.9. The van der Waals surface area contributed by atoms with Crippen LogP contribution in [0.3, 0.4) is 0 Å². The smallest absolute Gasteiger partial charge is 0.305 e. The van der Waals surface area contributed by atoms with Gasteiger partial charge in [0.2, 0.25) is 0 Å². The van der Waals surface area contributed by atoms with E-state index in [0.717, 1.165) is 44.7 Å². The van der Waals surface area contributed by atoms with E-state index >= 15 is 0 Å². The first kappa shape index (κ1) is 23.2. The van der Waals surface area contributed by atoms with Crippen LogP contribution in [0, 0.1) is 0 Å². The van der Waals surface area contributed by atoms with E-state index in [0.29, 0.717) is 17.7 Å². The first-order valence-electron chi connectivity index (χ1n) is 11.2. The van der Waals surface area contributed by atoms with Gasteiger partial charge in [0.1, 0.15) is 5.75 Å². The van der Waals surface area contributed by atoms with E-state index in [1.54, 1.807) is 20.4 Å². The van der Waals surface area contributed by atoms with Gasteiger partial charge in [-0.1, -0.05) is 43.3 Å². The van der Waals surface area contributed by atoms with Gasteiger partial charge < -0.3 is 14.4 Å². The second-order valence-corrected chi connectivity index (χ2v) is 8.56. The SMILES string of the molecule is C=C(C)c1ccc(C2=N[C@@H](CC(=O)O)c3cc(=O)n(C)cc3-c3ccc(OC)c(CC)c32)cc1. The molecule has 34 heavy (non-hydrogen) atoms. The Morgan fingerprint density at radius 1 is 1.18 bits per heavy atom. The van der Waals surface area contributed by atoms with Crippen LogP contribution in [0.2, 0.25) is 0 Å². The lowest BCUT2D eigenvalue weighted by Crippen LogP contribution is -2.18. The maximum Gasteiger partial charge on any atom is 0.305 e. The third-order valence-electron chi connectivity index (χ3n) is 6.29. The molecule has 1 atom stereocenters. The summed E-state index contributed by atoms with van der Waals surface area (Å²) in [7, 11) is 3.34. The Morgan fingerprint density at radius 2 is 1.88 bits per heavy atom. The van der Waals surface area contributed by atoms with Crippen LogP contribution in [0.1, 0.15) is 54.1 Å². The number of aryl methyl sites for hydroxylation is 1. The minimum absolute atomic E-state index is 0.204. The number of allylic oxidation sites excluding steroid dienone is 1. The average Bonchev–Trinajstić information content (AvgIpc) is 2.93. The van der Waals surface area contributed by atoms with Crippen LogP contribution in [0.15, 0.2) is 65.0 Å². The molecule has 1 aliphatic heterocycles. The van der Waals surface area contributed by atoms with Gasteiger partial charge in [0.25, 0.3) is 5.56 Å². The molecule has 2 aromatic carbocycles. The molecule has 0 aliphatic carbocycles. The molecule has 0 amide bonds. The lowest BCUT2D eigenvalue weighted by atomic mass is 9.87. The number of aromatic nitrogens is 1. The van der Waals surface area contributed by atoms with Crippen molar-refractivity contribution in [2.45, 2.75) is 32.7 Å². The van der Waals surface area contributed by atoms with Gasteiger partial charge in [-0.3, -0.25) is 14.6 Å². The van der Waals surface area contributed by atoms with Gasteiger partial charge in [-0.2, -0.15) is 0 Å². The van der Waals surface area contributed by atoms with Crippen LogP contribution in [-0.2, 0) is 18.3 Å². The number of hydrogen-bond donors (Lipinski definition) is 1. The number of rotatable bonds is 6. The molecule has 0 fully saturated rings. The molecule has 174 valence electrons. The summed E-state index contributed by atoms with van der Waals surface area (Å²) >= 11 is 0. The standard InChI is InChI=1S/C28H28N2O4/c1-6-19-24(34-5)12-11-20-22-15-30(4)25(31)13-21(22)23(14-26(32)33)29-28(27(19)20)18-9-7-17(8-10-18)16(2)3/h7-13,15,23H,2,6,14H2,1,3-5H3,(H,32,33)/t23-/m0/s1. The van der Waals surface area contributed by atoms with E-state index in [1.165, 1.54) is 10.6 Å². The molecule has 0 unspecified atom stereocenters. The van der Waals surface area contributed by atoms with Gasteiger partial charge in [0.05, 0.1) is 25.3 Å². The number of aliphatic carboxylic acids is 1. The maximum absolute atomic E-state index is 12.6. The molecule has 0 spiro atoms. The van der Waals surface area contributed by atoms with Gasteiger partial charge in [-0.05, 0) is 42.2 Å². The molecule has 0 radical (unpaired) electrons. The van der Waals surface area contributed by atoms with Crippen LogP contribution in [-0.4, -0.2) is 28.5 Å². The van der Waals surface area contributed by atoms with Crippen molar-refractivity contribution in [1.82, 2.24) is 4.57 Å². The van der Waals surface area contributed by atoms with Gasteiger partial charge in [0, 0.05) is 41.6 Å². The minimum atomic E-state index is -0.975. The van der Waals surface area contributed by atoms with Crippen LogP contribution in [0.5, 0.6) is 5.75 Å². The third-order valence-corrected chi connectivity index (χ3v) is 6.29. The van der Waals surface area contributed by atoms with Crippen LogP contribution >= 0.6 is 0 Å².